The second-order valence-electron chi connectivity index (χ2n) is 6.17. The summed E-state index contributed by atoms with van der Waals surface area (Å²) in [6.07, 6.45) is 0. The Morgan fingerprint density at radius 2 is 1.73 bits per heavy atom. The maximum Gasteiger partial charge on any atom is 0.265 e. The Kier molecular flexibility index (Phi) is 5.77. The largest absolute Gasteiger partial charge is 0.333 e. The van der Waals surface area contributed by atoms with Crippen LogP contribution in [-0.2, 0) is 4.79 Å². The van der Waals surface area contributed by atoms with E-state index in [9.17, 15) is 18.4 Å². The zero-order valence-corrected chi connectivity index (χ0v) is 16.9. The van der Waals surface area contributed by atoms with Crippen molar-refractivity contribution in [1.29, 1.82) is 0 Å². The minimum absolute atomic E-state index is 0.0572. The van der Waals surface area contributed by atoms with Gasteiger partial charge in [-0.25, -0.2) is 13.8 Å². The van der Waals surface area contributed by atoms with Crippen LogP contribution in [0.25, 0.3) is 11.0 Å². The zero-order chi connectivity index (χ0) is 21.1. The average molecular weight is 444 g/mol. The molecule has 0 aliphatic heterocycles. The first-order chi connectivity index (χ1) is 14.5. The van der Waals surface area contributed by atoms with E-state index in [1.54, 1.807) is 36.4 Å². The Bertz CT molecular complexity index is 1170. The van der Waals surface area contributed by atoms with Gasteiger partial charge in [0.2, 0.25) is 5.91 Å². The lowest BCUT2D eigenvalue weighted by atomic mass is 10.2. The number of aromatic nitrogens is 2. The molecule has 3 N–H and O–H groups in total. The van der Waals surface area contributed by atoms with Crippen molar-refractivity contribution in [2.24, 2.45) is 0 Å². The van der Waals surface area contributed by atoms with Crippen LogP contribution >= 0.6 is 23.1 Å². The fourth-order valence-electron chi connectivity index (χ4n) is 2.62. The second kappa shape index (κ2) is 8.64. The molecule has 30 heavy (non-hydrogen) atoms. The number of hydrogen-bond donors (Lipinski definition) is 3. The Hall–Kier alpha value is -3.24. The number of nitrogens with zero attached hydrogens (tertiary/aromatic N) is 1. The molecular formula is C20H14F2N4O2S2. The number of nitrogens with one attached hydrogen (secondary N) is 3. The molecule has 0 saturated heterocycles. The number of fused-ring (bicyclic) bond motifs is 1. The number of thioether (sulfide) groups is 1. The van der Waals surface area contributed by atoms with Crippen molar-refractivity contribution in [3.05, 3.63) is 70.4 Å². The van der Waals surface area contributed by atoms with Gasteiger partial charge in [0, 0.05) is 23.5 Å². The quantitative estimate of drug-likeness (QED) is 0.370. The predicted molar refractivity (Wildman–Crippen MR) is 114 cm³/mol. The van der Waals surface area contributed by atoms with E-state index in [1.165, 1.54) is 11.3 Å². The maximum absolute atomic E-state index is 13.3. The number of halogens is 2. The Labute approximate surface area is 177 Å². The van der Waals surface area contributed by atoms with Crippen LogP contribution in [-0.4, -0.2) is 27.5 Å². The van der Waals surface area contributed by atoms with Crippen LogP contribution in [0.3, 0.4) is 0 Å². The van der Waals surface area contributed by atoms with Crippen molar-refractivity contribution in [3.8, 4) is 0 Å². The molecule has 2 aromatic carbocycles. The number of H-pyrrole nitrogens is 1. The standard InChI is InChI=1S/C20H14F2N4O2S2/c21-13-8-15-16(9-14(13)22)26-20(25-15)30-10-18(27)23-11-3-5-12(6-4-11)24-19(28)17-2-1-7-29-17/h1-9H,10H2,(H,23,27)(H,24,28)(H,25,26). The van der Waals surface area contributed by atoms with Gasteiger partial charge >= 0.3 is 0 Å². The highest BCUT2D eigenvalue weighted by Gasteiger charge is 2.11. The lowest BCUT2D eigenvalue weighted by molar-refractivity contribution is -0.113. The summed E-state index contributed by atoms with van der Waals surface area (Å²) in [7, 11) is 0. The molecule has 0 radical (unpaired) electrons. The van der Waals surface area contributed by atoms with Crippen LogP contribution in [0.5, 0.6) is 0 Å². The number of carbonyl (C=O) groups excluding carboxylic acids is 2. The van der Waals surface area contributed by atoms with Gasteiger partial charge in [0.05, 0.1) is 21.7 Å². The van der Waals surface area contributed by atoms with Crippen molar-refractivity contribution in [3.63, 3.8) is 0 Å². The summed E-state index contributed by atoms with van der Waals surface area (Å²) in [4.78, 5) is 31.8. The monoisotopic (exact) mass is 444 g/mol. The first kappa shape index (κ1) is 20.0. The summed E-state index contributed by atoms with van der Waals surface area (Å²) < 4.78 is 26.5. The number of anilines is 2. The summed E-state index contributed by atoms with van der Waals surface area (Å²) >= 11 is 2.47. The minimum Gasteiger partial charge on any atom is -0.333 e. The van der Waals surface area contributed by atoms with Crippen molar-refractivity contribution in [1.82, 2.24) is 9.97 Å². The van der Waals surface area contributed by atoms with Crippen LogP contribution in [0.15, 0.2) is 59.1 Å². The Morgan fingerprint density at radius 3 is 2.43 bits per heavy atom. The molecule has 0 fully saturated rings. The lowest BCUT2D eigenvalue weighted by Gasteiger charge is -2.07. The molecule has 0 spiro atoms. The summed E-state index contributed by atoms with van der Waals surface area (Å²) in [5, 5.41) is 7.73. The molecule has 4 rings (SSSR count). The van der Waals surface area contributed by atoms with E-state index in [1.807, 2.05) is 5.38 Å². The molecule has 0 aliphatic rings. The molecule has 2 amide bonds. The Balaban J connectivity index is 1.31. The molecule has 152 valence electrons. The van der Waals surface area contributed by atoms with Crippen molar-refractivity contribution in [2.75, 3.05) is 16.4 Å². The first-order valence-electron chi connectivity index (χ1n) is 8.70. The summed E-state index contributed by atoms with van der Waals surface area (Å²) in [5.41, 5.74) is 1.83. The highest BCUT2D eigenvalue weighted by atomic mass is 32.2. The normalized spacial score (nSPS) is 10.9. The number of amides is 2. The average Bonchev–Trinajstić information content (AvgIpc) is 3.38. The Morgan fingerprint density at radius 1 is 1.03 bits per heavy atom. The van der Waals surface area contributed by atoms with Gasteiger partial charge in [-0.15, -0.1) is 11.3 Å². The maximum atomic E-state index is 13.3. The minimum atomic E-state index is -0.974. The van der Waals surface area contributed by atoms with E-state index < -0.39 is 11.6 Å². The van der Waals surface area contributed by atoms with E-state index in [2.05, 4.69) is 20.6 Å². The van der Waals surface area contributed by atoms with E-state index in [-0.39, 0.29) is 23.1 Å². The smallest absolute Gasteiger partial charge is 0.265 e. The van der Waals surface area contributed by atoms with Gasteiger partial charge in [-0.1, -0.05) is 17.8 Å². The molecule has 2 aromatic heterocycles. The number of aromatic amines is 1. The van der Waals surface area contributed by atoms with Gasteiger partial charge in [-0.2, -0.15) is 0 Å². The molecule has 4 aromatic rings. The van der Waals surface area contributed by atoms with Gasteiger partial charge in [-0.05, 0) is 35.7 Å². The van der Waals surface area contributed by atoms with Crippen molar-refractivity contribution >= 4 is 57.3 Å². The fourth-order valence-corrected chi connectivity index (χ4v) is 3.92. The number of hydrogen-bond acceptors (Lipinski definition) is 5. The van der Waals surface area contributed by atoms with Crippen LogP contribution in [0.1, 0.15) is 9.67 Å². The van der Waals surface area contributed by atoms with Gasteiger partial charge in [-0.3, -0.25) is 9.59 Å². The third-order valence-electron chi connectivity index (χ3n) is 4.01. The van der Waals surface area contributed by atoms with Crippen molar-refractivity contribution < 1.29 is 18.4 Å². The summed E-state index contributed by atoms with van der Waals surface area (Å²) in [6, 6.07) is 12.3. The van der Waals surface area contributed by atoms with E-state index >= 15 is 0 Å². The third kappa shape index (κ3) is 4.66. The van der Waals surface area contributed by atoms with Crippen molar-refractivity contribution in [2.45, 2.75) is 5.16 Å². The summed E-state index contributed by atoms with van der Waals surface area (Å²) in [5.74, 6) is -2.34. The predicted octanol–water partition coefficient (Wildman–Crippen LogP) is 4.89. The number of rotatable bonds is 6. The highest BCUT2D eigenvalue weighted by Crippen LogP contribution is 2.22. The fraction of sp³-hybridized carbons (Fsp3) is 0.0500. The van der Waals surface area contributed by atoms with E-state index in [0.717, 1.165) is 23.9 Å². The van der Waals surface area contributed by atoms with Crippen LogP contribution in [0.4, 0.5) is 20.2 Å². The van der Waals surface area contributed by atoms with Crippen LogP contribution in [0.2, 0.25) is 0 Å². The van der Waals surface area contributed by atoms with Crippen LogP contribution < -0.4 is 10.6 Å². The number of imidazole rings is 1. The molecule has 0 unspecified atom stereocenters. The van der Waals surface area contributed by atoms with Gasteiger partial charge in [0.25, 0.3) is 5.91 Å². The van der Waals surface area contributed by atoms with Crippen LogP contribution in [0, 0.1) is 11.6 Å². The SMILES string of the molecule is O=C(CSc1nc2cc(F)c(F)cc2[nH]1)Nc1ccc(NC(=O)c2cccs2)cc1. The molecular weight excluding hydrogens is 430 g/mol. The first-order valence-corrected chi connectivity index (χ1v) is 10.6. The van der Waals surface area contributed by atoms with E-state index in [4.69, 9.17) is 0 Å². The number of benzene rings is 2. The molecule has 10 heteroatoms. The molecule has 0 atom stereocenters. The molecule has 0 bridgehead atoms. The topological polar surface area (TPSA) is 86.9 Å². The molecule has 0 aliphatic carbocycles. The van der Waals surface area contributed by atoms with E-state index in [0.29, 0.717) is 26.9 Å². The molecule has 0 saturated carbocycles. The number of carbonyl (C=O) groups is 2. The lowest BCUT2D eigenvalue weighted by Crippen LogP contribution is -2.14. The molecule has 6 nitrogen and oxygen atoms in total. The summed E-state index contributed by atoms with van der Waals surface area (Å²) in [6.45, 7) is 0. The third-order valence-corrected chi connectivity index (χ3v) is 5.76. The van der Waals surface area contributed by atoms with Gasteiger partial charge in [0.15, 0.2) is 16.8 Å². The number of thiophene rings is 1. The molecule has 2 heterocycles. The highest BCUT2D eigenvalue weighted by molar-refractivity contribution is 7.99. The van der Waals surface area contributed by atoms with Gasteiger partial charge in [0.1, 0.15) is 0 Å². The second-order valence-corrected chi connectivity index (χ2v) is 8.08. The zero-order valence-electron chi connectivity index (χ0n) is 15.2. The van der Waals surface area contributed by atoms with Gasteiger partial charge < -0.3 is 15.6 Å².